The van der Waals surface area contributed by atoms with Crippen molar-refractivity contribution in [3.05, 3.63) is 71.8 Å². The van der Waals surface area contributed by atoms with Gasteiger partial charge in [-0.3, -0.25) is 4.79 Å². The number of rotatable bonds is 4. The van der Waals surface area contributed by atoms with Crippen LogP contribution in [0.15, 0.2) is 53.1 Å². The highest BCUT2D eigenvalue weighted by molar-refractivity contribution is 7.99. The third-order valence-electron chi connectivity index (χ3n) is 6.91. The Bertz CT molecular complexity index is 1310. The van der Waals surface area contributed by atoms with Gasteiger partial charge in [-0.05, 0) is 24.6 Å². The van der Waals surface area contributed by atoms with Gasteiger partial charge in [-0.15, -0.1) is 11.8 Å². The van der Waals surface area contributed by atoms with Gasteiger partial charge < -0.3 is 19.4 Å². The normalized spacial score (nSPS) is 19.1. The van der Waals surface area contributed by atoms with Crippen LogP contribution in [-0.2, 0) is 9.53 Å². The molecule has 5 rings (SSSR count). The van der Waals surface area contributed by atoms with Crippen molar-refractivity contribution in [2.24, 2.45) is 4.99 Å². The summed E-state index contributed by atoms with van der Waals surface area (Å²) in [6.07, 6.45) is 1.31. The fourth-order valence-corrected chi connectivity index (χ4v) is 6.61. The van der Waals surface area contributed by atoms with Crippen LogP contribution in [0.5, 0.6) is 0 Å². The molecular formula is C27H27F3N4O2S. The second kappa shape index (κ2) is 9.90. The van der Waals surface area contributed by atoms with Crippen LogP contribution in [0, 0.1) is 24.4 Å². The van der Waals surface area contributed by atoms with Gasteiger partial charge in [-0.1, -0.05) is 13.2 Å². The lowest BCUT2D eigenvalue weighted by atomic mass is 9.93. The molecule has 1 fully saturated rings. The lowest BCUT2D eigenvalue weighted by molar-refractivity contribution is -0.127. The summed E-state index contributed by atoms with van der Waals surface area (Å²) in [5, 5.41) is 0. The molecule has 1 saturated heterocycles. The van der Waals surface area contributed by atoms with E-state index in [-0.39, 0.29) is 17.5 Å². The van der Waals surface area contributed by atoms with Gasteiger partial charge in [-0.25, -0.2) is 18.2 Å². The second-order valence-corrected chi connectivity index (χ2v) is 10.2. The highest BCUT2D eigenvalue weighted by Gasteiger charge is 2.39. The number of thioether (sulfide) groups is 1. The molecule has 37 heavy (non-hydrogen) atoms. The number of aliphatic imine (C=N–C) groups is 1. The van der Waals surface area contributed by atoms with Crippen LogP contribution in [0.2, 0.25) is 0 Å². The van der Waals surface area contributed by atoms with E-state index in [1.54, 1.807) is 18.9 Å². The van der Waals surface area contributed by atoms with Crippen LogP contribution in [0.1, 0.15) is 11.1 Å². The number of methoxy groups -OCH3 is 1. The van der Waals surface area contributed by atoms with Crippen molar-refractivity contribution in [2.75, 3.05) is 50.5 Å². The van der Waals surface area contributed by atoms with Crippen LogP contribution in [-0.4, -0.2) is 73.2 Å². The van der Waals surface area contributed by atoms with Gasteiger partial charge in [0.1, 0.15) is 29.1 Å². The molecule has 194 valence electrons. The van der Waals surface area contributed by atoms with E-state index in [4.69, 9.17) is 9.73 Å². The largest absolute Gasteiger partial charge is 0.383 e. The molecule has 0 unspecified atom stereocenters. The summed E-state index contributed by atoms with van der Waals surface area (Å²) in [5.74, 6) is -1.17. The van der Waals surface area contributed by atoms with Crippen LogP contribution < -0.4 is 4.90 Å². The summed E-state index contributed by atoms with van der Waals surface area (Å²) in [6.45, 7) is 12.2. The fraction of sp³-hybridized carbons (Fsp3) is 0.333. The number of carbonyl (C=O) groups excluding carboxylic acids is 1. The first-order chi connectivity index (χ1) is 17.7. The van der Waals surface area contributed by atoms with E-state index in [1.165, 1.54) is 17.8 Å². The van der Waals surface area contributed by atoms with Crippen molar-refractivity contribution >= 4 is 29.2 Å². The molecule has 3 aliphatic rings. The van der Waals surface area contributed by atoms with E-state index in [0.717, 1.165) is 11.3 Å². The molecule has 0 N–H and O–H groups in total. The van der Waals surface area contributed by atoms with E-state index < -0.39 is 17.5 Å². The zero-order valence-corrected chi connectivity index (χ0v) is 21.5. The number of aryl methyl sites for hydroxylation is 1. The average molecular weight is 529 g/mol. The number of nitrogens with zero attached hydrogens (tertiary/aromatic N) is 4. The molecule has 2 aromatic rings. The summed E-state index contributed by atoms with van der Waals surface area (Å²) in [5.41, 5.74) is 2.39. The molecule has 0 bridgehead atoms. The molecule has 0 spiro atoms. The monoisotopic (exact) mass is 528 g/mol. The Hall–Kier alpha value is -3.24. The Balaban J connectivity index is 1.66. The lowest BCUT2D eigenvalue weighted by Crippen LogP contribution is -2.52. The SMILES string of the molecule is C=CC(=O)N1CCN(C2=NC(=C)N3c4c2cc(C)c(-c2c(F)cc(F)cc2F)c4SC[C@@H]3COC)CC1. The molecule has 3 heterocycles. The van der Waals surface area contributed by atoms with Crippen molar-refractivity contribution in [3.8, 4) is 11.1 Å². The van der Waals surface area contributed by atoms with Crippen molar-refractivity contribution < 1.29 is 22.7 Å². The van der Waals surface area contributed by atoms with Crippen molar-refractivity contribution in [1.29, 1.82) is 0 Å². The molecule has 0 saturated carbocycles. The standard InChI is InChI=1S/C27H27F3N4O2S/c1-5-22(35)32-6-8-33(9-7-32)27-19-10-15(2)23(24-20(29)11-17(28)12-21(24)30)26-25(19)34(16(3)31-27)18(13-36-4)14-37-26/h5,10-12,18H,1,3,6-9,13-14H2,2,4H3/t18-/m0/s1. The number of benzene rings is 2. The Labute approximate surface area is 218 Å². The van der Waals surface area contributed by atoms with Crippen molar-refractivity contribution in [1.82, 2.24) is 9.80 Å². The number of hydrogen-bond acceptors (Lipinski definition) is 6. The molecular weight excluding hydrogens is 501 g/mol. The van der Waals surface area contributed by atoms with E-state index in [2.05, 4.69) is 18.1 Å². The van der Waals surface area contributed by atoms with Crippen LogP contribution in [0.4, 0.5) is 18.9 Å². The Morgan fingerprint density at radius 2 is 1.84 bits per heavy atom. The van der Waals surface area contributed by atoms with Gasteiger partial charge in [0.05, 0.1) is 23.9 Å². The van der Waals surface area contributed by atoms with Crippen LogP contribution in [0.25, 0.3) is 11.1 Å². The molecule has 1 atom stereocenters. The highest BCUT2D eigenvalue weighted by atomic mass is 32.2. The van der Waals surface area contributed by atoms with Crippen molar-refractivity contribution in [3.63, 3.8) is 0 Å². The first-order valence-electron chi connectivity index (χ1n) is 11.9. The number of amidine groups is 1. The Morgan fingerprint density at radius 3 is 2.46 bits per heavy atom. The number of amides is 1. The van der Waals surface area contributed by atoms with E-state index in [1.807, 2.05) is 11.0 Å². The predicted molar refractivity (Wildman–Crippen MR) is 139 cm³/mol. The third kappa shape index (κ3) is 4.31. The molecule has 2 aromatic carbocycles. The quantitative estimate of drug-likeness (QED) is 0.545. The van der Waals surface area contributed by atoms with E-state index in [0.29, 0.717) is 78.4 Å². The average Bonchev–Trinajstić information content (AvgIpc) is 2.87. The van der Waals surface area contributed by atoms with Crippen LogP contribution in [0.3, 0.4) is 0 Å². The zero-order chi connectivity index (χ0) is 26.4. The van der Waals surface area contributed by atoms with Gasteiger partial charge in [-0.2, -0.15) is 0 Å². The van der Waals surface area contributed by atoms with Gasteiger partial charge in [0.15, 0.2) is 0 Å². The van der Waals surface area contributed by atoms with E-state index in [9.17, 15) is 9.18 Å². The molecule has 0 aliphatic carbocycles. The summed E-state index contributed by atoms with van der Waals surface area (Å²) in [7, 11) is 1.62. The number of carbonyl (C=O) groups is 1. The Kier molecular flexibility index (Phi) is 6.80. The predicted octanol–water partition coefficient (Wildman–Crippen LogP) is 4.57. The number of hydrogen-bond donors (Lipinski definition) is 0. The van der Waals surface area contributed by atoms with Gasteiger partial charge >= 0.3 is 0 Å². The minimum absolute atomic E-state index is 0.0837. The molecule has 10 heteroatoms. The maximum atomic E-state index is 15.0. The lowest BCUT2D eigenvalue weighted by Gasteiger charge is -2.45. The number of ether oxygens (including phenoxy) is 1. The van der Waals surface area contributed by atoms with Crippen molar-refractivity contribution in [2.45, 2.75) is 17.9 Å². The zero-order valence-electron chi connectivity index (χ0n) is 20.7. The summed E-state index contributed by atoms with van der Waals surface area (Å²) >= 11 is 1.49. The fourth-order valence-electron chi connectivity index (χ4n) is 5.26. The summed E-state index contributed by atoms with van der Waals surface area (Å²) in [4.78, 5) is 23.5. The number of piperazine rings is 1. The molecule has 1 amide bonds. The topological polar surface area (TPSA) is 48.4 Å². The number of anilines is 1. The summed E-state index contributed by atoms with van der Waals surface area (Å²) < 4.78 is 49.2. The molecule has 0 aromatic heterocycles. The van der Waals surface area contributed by atoms with Gasteiger partial charge in [0.25, 0.3) is 0 Å². The molecule has 0 radical (unpaired) electrons. The van der Waals surface area contributed by atoms with Gasteiger partial charge in [0.2, 0.25) is 5.91 Å². The maximum Gasteiger partial charge on any atom is 0.246 e. The molecule has 6 nitrogen and oxygen atoms in total. The minimum atomic E-state index is -0.964. The summed E-state index contributed by atoms with van der Waals surface area (Å²) in [6, 6.07) is 3.21. The first kappa shape index (κ1) is 25.4. The maximum absolute atomic E-state index is 15.0. The molecule has 3 aliphatic heterocycles. The van der Waals surface area contributed by atoms with Crippen LogP contribution >= 0.6 is 11.8 Å². The van der Waals surface area contributed by atoms with Gasteiger partial charge in [0, 0.05) is 67.2 Å². The third-order valence-corrected chi connectivity index (χ3v) is 8.15. The highest BCUT2D eigenvalue weighted by Crippen LogP contribution is 2.51. The first-order valence-corrected chi connectivity index (χ1v) is 12.9. The van der Waals surface area contributed by atoms with E-state index >= 15 is 8.78 Å². The second-order valence-electron chi connectivity index (χ2n) is 9.20. The Morgan fingerprint density at radius 1 is 1.16 bits per heavy atom. The minimum Gasteiger partial charge on any atom is -0.383 e. The smallest absolute Gasteiger partial charge is 0.246 e. The number of halogens is 3.